The van der Waals surface area contributed by atoms with Gasteiger partial charge in [-0.05, 0) is 37.1 Å². The third kappa shape index (κ3) is 2.30. The monoisotopic (exact) mass is 284 g/mol. The molecule has 4 unspecified atom stereocenters. The van der Waals surface area contributed by atoms with Crippen LogP contribution in [0.4, 0.5) is 5.13 Å². The predicted octanol–water partition coefficient (Wildman–Crippen LogP) is 1.47. The van der Waals surface area contributed by atoms with Gasteiger partial charge in [-0.25, -0.2) is 0 Å². The number of aliphatic hydroxyl groups excluding tert-OH is 1. The van der Waals surface area contributed by atoms with Crippen LogP contribution in [0, 0.1) is 11.1 Å². The predicted molar refractivity (Wildman–Crippen MR) is 74.3 cm³/mol. The second-order valence-corrected chi connectivity index (χ2v) is 6.98. The normalized spacial score (nSPS) is 40.1. The van der Waals surface area contributed by atoms with Crippen molar-refractivity contribution in [2.75, 3.05) is 20.3 Å². The van der Waals surface area contributed by atoms with E-state index in [2.05, 4.69) is 17.1 Å². The van der Waals surface area contributed by atoms with Gasteiger partial charge in [-0.15, -0.1) is 5.10 Å². The van der Waals surface area contributed by atoms with E-state index in [1.54, 1.807) is 0 Å². The zero-order valence-electron chi connectivity index (χ0n) is 11.3. The number of quaternary nitrogens is 1. The Labute approximate surface area is 116 Å². The molecule has 2 aliphatic rings. The maximum atomic E-state index is 12.7. The minimum Gasteiger partial charge on any atom is -0.623 e. The number of hydrogen-bond acceptors (Lipinski definition) is 6. The van der Waals surface area contributed by atoms with Crippen LogP contribution in [0.15, 0.2) is 0 Å². The molecule has 0 amide bonds. The van der Waals surface area contributed by atoms with Gasteiger partial charge in [-0.1, -0.05) is 18.4 Å². The highest BCUT2D eigenvalue weighted by Crippen LogP contribution is 2.42. The molecule has 6 nitrogen and oxygen atoms in total. The zero-order chi connectivity index (χ0) is 13.6. The number of nitrogens with zero attached hydrogens (tertiary/aromatic N) is 4. The van der Waals surface area contributed by atoms with Gasteiger partial charge in [0, 0.05) is 5.92 Å². The topological polar surface area (TPSA) is 72.3 Å². The van der Waals surface area contributed by atoms with E-state index in [1.165, 1.54) is 17.8 Å². The number of rotatable bonds is 2. The minimum absolute atomic E-state index is 0.247. The van der Waals surface area contributed by atoms with Crippen molar-refractivity contribution in [3.63, 3.8) is 0 Å². The third-order valence-electron chi connectivity index (χ3n) is 4.21. The standard InChI is InChI=1S/C12H20N4O2S/c1-8-3-4-9(5-8)11-13-14-12(19-11)16(18)7-15(2)6-10(16)17/h8-10,17H,3-7H2,1-2H3. The van der Waals surface area contributed by atoms with Gasteiger partial charge >= 0.3 is 5.13 Å². The molecule has 1 saturated heterocycles. The average molecular weight is 284 g/mol. The van der Waals surface area contributed by atoms with Crippen LogP contribution in [-0.4, -0.2) is 46.7 Å². The van der Waals surface area contributed by atoms with Crippen LogP contribution in [0.2, 0.25) is 0 Å². The Hall–Kier alpha value is -0.600. The molecule has 1 aromatic rings. The lowest BCUT2D eigenvalue weighted by atomic mass is 10.1. The molecular weight excluding hydrogens is 264 g/mol. The molecule has 3 rings (SSSR count). The zero-order valence-corrected chi connectivity index (χ0v) is 12.1. The van der Waals surface area contributed by atoms with E-state index in [0.717, 1.165) is 23.8 Å². The van der Waals surface area contributed by atoms with Crippen molar-refractivity contribution in [1.82, 2.24) is 19.7 Å². The lowest BCUT2D eigenvalue weighted by Crippen LogP contribution is -2.48. The molecule has 19 heavy (non-hydrogen) atoms. The van der Waals surface area contributed by atoms with E-state index in [4.69, 9.17) is 0 Å². The van der Waals surface area contributed by atoms with Crippen LogP contribution in [0.1, 0.15) is 37.1 Å². The molecule has 1 aromatic heterocycles. The summed E-state index contributed by atoms with van der Waals surface area (Å²) in [5.41, 5.74) is 0. The van der Waals surface area contributed by atoms with Crippen molar-refractivity contribution >= 4 is 16.5 Å². The highest BCUT2D eigenvalue weighted by molar-refractivity contribution is 7.15. The van der Waals surface area contributed by atoms with Gasteiger partial charge in [0.05, 0.1) is 6.54 Å². The quantitative estimate of drug-likeness (QED) is 0.657. The summed E-state index contributed by atoms with van der Waals surface area (Å²) in [5, 5.41) is 32.3. The highest BCUT2D eigenvalue weighted by Gasteiger charge is 2.42. The number of hydrogen-bond donors (Lipinski definition) is 1. The lowest BCUT2D eigenvalue weighted by molar-refractivity contribution is 0.0844. The van der Waals surface area contributed by atoms with Gasteiger partial charge in [0.25, 0.3) is 0 Å². The molecular formula is C12H20N4O2S. The molecule has 2 heterocycles. The Kier molecular flexibility index (Phi) is 3.34. The summed E-state index contributed by atoms with van der Waals surface area (Å²) in [6.07, 6.45) is 2.54. The Balaban J connectivity index is 1.81. The summed E-state index contributed by atoms with van der Waals surface area (Å²) >= 11 is 1.38. The first-order chi connectivity index (χ1) is 8.99. The fraction of sp³-hybridized carbons (Fsp3) is 0.833. The van der Waals surface area contributed by atoms with Crippen molar-refractivity contribution in [3.05, 3.63) is 10.2 Å². The summed E-state index contributed by atoms with van der Waals surface area (Å²) in [6, 6.07) is 0. The first-order valence-corrected chi connectivity index (χ1v) is 7.60. The highest BCUT2D eigenvalue weighted by atomic mass is 32.1. The molecule has 7 heteroatoms. The summed E-state index contributed by atoms with van der Waals surface area (Å²) < 4.78 is -0.767. The van der Waals surface area contributed by atoms with Gasteiger partial charge in [0.2, 0.25) is 6.23 Å². The number of likely N-dealkylation sites (N-methyl/N-ethyl adjacent to an activating group) is 1. The summed E-state index contributed by atoms with van der Waals surface area (Å²) in [6.45, 7) is 2.89. The van der Waals surface area contributed by atoms with E-state index < -0.39 is 10.9 Å². The van der Waals surface area contributed by atoms with Crippen LogP contribution in [0.3, 0.4) is 0 Å². The van der Waals surface area contributed by atoms with Crippen molar-refractivity contribution in [3.8, 4) is 0 Å². The minimum atomic E-state index is -0.951. The SMILES string of the molecule is CC1CCC(c2nnc([N+]3([O-])CN(C)CC3O)s2)C1. The molecule has 1 aliphatic carbocycles. The maximum absolute atomic E-state index is 12.7. The molecule has 0 spiro atoms. The van der Waals surface area contributed by atoms with Crippen LogP contribution in [0.25, 0.3) is 0 Å². The van der Waals surface area contributed by atoms with Gasteiger partial charge in [0.1, 0.15) is 11.7 Å². The van der Waals surface area contributed by atoms with Crippen molar-refractivity contribution in [1.29, 1.82) is 0 Å². The van der Waals surface area contributed by atoms with E-state index in [1.807, 2.05) is 11.9 Å². The van der Waals surface area contributed by atoms with E-state index >= 15 is 0 Å². The van der Waals surface area contributed by atoms with Gasteiger partial charge in [0.15, 0.2) is 0 Å². The largest absolute Gasteiger partial charge is 0.623 e. The van der Waals surface area contributed by atoms with Crippen molar-refractivity contribution in [2.24, 2.45) is 5.92 Å². The Morgan fingerprint density at radius 2 is 2.21 bits per heavy atom. The maximum Gasteiger partial charge on any atom is 0.309 e. The van der Waals surface area contributed by atoms with E-state index in [-0.39, 0.29) is 6.67 Å². The second-order valence-electron chi connectivity index (χ2n) is 5.99. The molecule has 1 N–H and O–H groups in total. The van der Waals surface area contributed by atoms with Crippen LogP contribution >= 0.6 is 11.3 Å². The average Bonchev–Trinajstić information content (AvgIpc) is 3.00. The fourth-order valence-corrected chi connectivity index (χ4v) is 4.15. The molecule has 1 saturated carbocycles. The van der Waals surface area contributed by atoms with E-state index in [9.17, 15) is 10.3 Å². The van der Waals surface area contributed by atoms with Crippen LogP contribution in [0.5, 0.6) is 0 Å². The molecule has 4 atom stereocenters. The number of hydroxylamine groups is 2. The third-order valence-corrected chi connectivity index (χ3v) is 5.40. The fourth-order valence-electron chi connectivity index (χ4n) is 3.09. The summed E-state index contributed by atoms with van der Waals surface area (Å²) in [5.74, 6) is 1.18. The van der Waals surface area contributed by atoms with Crippen LogP contribution < -0.4 is 4.65 Å². The number of β-amino-alcohol motifs (C(OH)–C–C–N with tert-alkyl or cyclic N) is 1. The molecule has 0 bridgehead atoms. The number of aliphatic hydroxyl groups is 1. The second kappa shape index (κ2) is 4.75. The molecule has 106 valence electrons. The van der Waals surface area contributed by atoms with Gasteiger partial charge < -0.3 is 10.3 Å². The van der Waals surface area contributed by atoms with E-state index in [0.29, 0.717) is 17.6 Å². The Bertz CT molecular complexity index is 468. The Morgan fingerprint density at radius 1 is 1.42 bits per heavy atom. The lowest BCUT2D eigenvalue weighted by Gasteiger charge is -2.36. The van der Waals surface area contributed by atoms with Crippen molar-refractivity contribution < 1.29 is 5.11 Å². The van der Waals surface area contributed by atoms with Gasteiger partial charge in [-0.2, -0.15) is 0 Å². The number of aromatic nitrogens is 2. The Morgan fingerprint density at radius 3 is 2.79 bits per heavy atom. The molecule has 0 radical (unpaired) electrons. The molecule has 2 fully saturated rings. The van der Waals surface area contributed by atoms with Crippen molar-refractivity contribution in [2.45, 2.75) is 38.3 Å². The summed E-state index contributed by atoms with van der Waals surface area (Å²) in [4.78, 5) is 1.83. The first-order valence-electron chi connectivity index (χ1n) is 6.78. The first kappa shape index (κ1) is 13.4. The van der Waals surface area contributed by atoms with Crippen LogP contribution in [-0.2, 0) is 0 Å². The molecule has 0 aromatic carbocycles. The smallest absolute Gasteiger partial charge is 0.309 e. The van der Waals surface area contributed by atoms with Gasteiger partial charge in [-0.3, -0.25) is 9.55 Å². The molecule has 1 aliphatic heterocycles. The summed E-state index contributed by atoms with van der Waals surface area (Å²) in [7, 11) is 1.84.